The zero-order chi connectivity index (χ0) is 17.4. The number of guanidine groups is 1. The summed E-state index contributed by atoms with van der Waals surface area (Å²) in [6, 6.07) is 10.1. The van der Waals surface area contributed by atoms with Crippen molar-refractivity contribution in [2.45, 2.75) is 32.8 Å². The molecular weight excluding hydrogens is 445 g/mol. The van der Waals surface area contributed by atoms with Gasteiger partial charge in [-0.05, 0) is 41.8 Å². The summed E-state index contributed by atoms with van der Waals surface area (Å²) in [5.41, 5.74) is 3.42. The second-order valence-electron chi connectivity index (χ2n) is 5.98. The largest absolute Gasteiger partial charge is 0.387 e. The van der Waals surface area contributed by atoms with Crippen LogP contribution in [0.1, 0.15) is 42.6 Å². The van der Waals surface area contributed by atoms with Gasteiger partial charge in [-0.25, -0.2) is 0 Å². The summed E-state index contributed by atoms with van der Waals surface area (Å²) in [5.74, 6) is 1.12. The number of aliphatic hydroxyl groups is 1. The van der Waals surface area contributed by atoms with E-state index in [4.69, 9.17) is 0 Å². The Morgan fingerprint density at radius 1 is 1.16 bits per heavy atom. The number of nitrogens with one attached hydrogen (secondary N) is 2. The highest BCUT2D eigenvalue weighted by Gasteiger charge is 2.09. The number of thiophene rings is 1. The minimum atomic E-state index is -0.552. The van der Waals surface area contributed by atoms with Crippen LogP contribution in [-0.2, 0) is 0 Å². The Kier molecular flexibility index (Phi) is 10.1. The topological polar surface area (TPSA) is 56.7 Å². The molecule has 0 aliphatic carbocycles. The summed E-state index contributed by atoms with van der Waals surface area (Å²) in [6.45, 7) is 8.19. The average molecular weight is 473 g/mol. The molecule has 0 aliphatic heterocycles. The molecule has 2 aromatic rings. The predicted molar refractivity (Wildman–Crippen MR) is 118 cm³/mol. The van der Waals surface area contributed by atoms with Crippen LogP contribution in [-0.4, -0.2) is 30.7 Å². The average Bonchev–Trinajstić information content (AvgIpc) is 3.12. The van der Waals surface area contributed by atoms with Gasteiger partial charge in [-0.3, -0.25) is 4.99 Å². The predicted octanol–water partition coefficient (Wildman–Crippen LogP) is 4.07. The van der Waals surface area contributed by atoms with Crippen LogP contribution in [0.15, 0.2) is 46.1 Å². The van der Waals surface area contributed by atoms with Gasteiger partial charge in [0, 0.05) is 25.6 Å². The molecular formula is C19H28IN3OS. The molecule has 138 valence electrons. The van der Waals surface area contributed by atoms with Gasteiger partial charge in [0.15, 0.2) is 5.96 Å². The monoisotopic (exact) mass is 473 g/mol. The molecule has 2 atom stereocenters. The molecule has 0 fully saturated rings. The fourth-order valence-electron chi connectivity index (χ4n) is 2.33. The maximum Gasteiger partial charge on any atom is 0.191 e. The highest BCUT2D eigenvalue weighted by molar-refractivity contribution is 14.0. The van der Waals surface area contributed by atoms with E-state index in [0.29, 0.717) is 19.0 Å². The van der Waals surface area contributed by atoms with Gasteiger partial charge in [0.25, 0.3) is 0 Å². The minimum Gasteiger partial charge on any atom is -0.387 e. The van der Waals surface area contributed by atoms with Gasteiger partial charge >= 0.3 is 0 Å². The van der Waals surface area contributed by atoms with Crippen molar-refractivity contribution in [2.75, 3.05) is 19.6 Å². The van der Waals surface area contributed by atoms with Gasteiger partial charge in [-0.1, -0.05) is 36.8 Å². The molecule has 3 N–H and O–H groups in total. The standard InChI is InChI=1S/C19H27N3OS.HI/c1-4-20-19(21-11-15(3)17-9-10-24-13-17)22-12-18(23)16-7-5-14(2)6-8-16;/h5-10,13,15,18,23H,4,11-12H2,1-3H3,(H2,20,21,22);1H. The molecule has 0 radical (unpaired) electrons. The van der Waals surface area contributed by atoms with Crippen molar-refractivity contribution in [1.82, 2.24) is 10.6 Å². The summed E-state index contributed by atoms with van der Waals surface area (Å²) in [5, 5.41) is 21.0. The van der Waals surface area contributed by atoms with Crippen LogP contribution < -0.4 is 10.6 Å². The van der Waals surface area contributed by atoms with Crippen LogP contribution in [0.4, 0.5) is 0 Å². The van der Waals surface area contributed by atoms with Crippen molar-refractivity contribution >= 4 is 41.3 Å². The summed E-state index contributed by atoms with van der Waals surface area (Å²) in [4.78, 5) is 4.64. The zero-order valence-electron chi connectivity index (χ0n) is 15.0. The van der Waals surface area contributed by atoms with Crippen molar-refractivity contribution in [3.63, 3.8) is 0 Å². The molecule has 1 aromatic heterocycles. The third-order valence-electron chi connectivity index (χ3n) is 3.90. The summed E-state index contributed by atoms with van der Waals surface area (Å²) in [7, 11) is 0. The van der Waals surface area contributed by atoms with Gasteiger partial charge in [0.2, 0.25) is 0 Å². The number of hydrogen-bond donors (Lipinski definition) is 3. The highest BCUT2D eigenvalue weighted by atomic mass is 127. The summed E-state index contributed by atoms with van der Waals surface area (Å²) >= 11 is 1.71. The van der Waals surface area contributed by atoms with Crippen molar-refractivity contribution in [3.8, 4) is 0 Å². The Hall–Kier alpha value is -1.12. The van der Waals surface area contributed by atoms with E-state index in [1.807, 2.05) is 38.1 Å². The van der Waals surface area contributed by atoms with Crippen molar-refractivity contribution in [2.24, 2.45) is 4.99 Å². The lowest BCUT2D eigenvalue weighted by Gasteiger charge is -2.16. The first-order valence-electron chi connectivity index (χ1n) is 8.39. The minimum absolute atomic E-state index is 0. The quantitative estimate of drug-likeness (QED) is 0.323. The summed E-state index contributed by atoms with van der Waals surface area (Å²) in [6.07, 6.45) is -0.552. The van der Waals surface area contributed by atoms with E-state index in [0.717, 1.165) is 18.1 Å². The first-order chi connectivity index (χ1) is 11.6. The fourth-order valence-corrected chi connectivity index (χ4v) is 3.11. The van der Waals surface area contributed by atoms with Crippen LogP contribution >= 0.6 is 35.3 Å². The van der Waals surface area contributed by atoms with Gasteiger partial charge in [-0.15, -0.1) is 24.0 Å². The molecule has 1 aromatic carbocycles. The number of aliphatic hydroxyl groups excluding tert-OH is 1. The Morgan fingerprint density at radius 2 is 1.88 bits per heavy atom. The molecule has 0 saturated heterocycles. The zero-order valence-corrected chi connectivity index (χ0v) is 18.2. The molecule has 6 heteroatoms. The van der Waals surface area contributed by atoms with Crippen LogP contribution in [0, 0.1) is 6.92 Å². The Balaban J connectivity index is 0.00000312. The Labute approximate surface area is 171 Å². The van der Waals surface area contributed by atoms with Gasteiger partial charge in [0.05, 0.1) is 6.10 Å². The molecule has 2 unspecified atom stereocenters. The lowest BCUT2D eigenvalue weighted by Crippen LogP contribution is -2.39. The maximum atomic E-state index is 10.3. The van der Waals surface area contributed by atoms with Crippen molar-refractivity contribution < 1.29 is 5.11 Å². The molecule has 0 amide bonds. The van der Waals surface area contributed by atoms with Crippen LogP contribution in [0.25, 0.3) is 0 Å². The van der Waals surface area contributed by atoms with E-state index in [9.17, 15) is 5.11 Å². The van der Waals surface area contributed by atoms with Gasteiger partial charge in [0.1, 0.15) is 0 Å². The van der Waals surface area contributed by atoms with Crippen molar-refractivity contribution in [3.05, 3.63) is 57.8 Å². The number of benzene rings is 1. The number of rotatable bonds is 7. The SMILES string of the molecule is CCNC(=NCC(C)c1ccsc1)NCC(O)c1ccc(C)cc1.I. The van der Waals surface area contributed by atoms with Crippen LogP contribution in [0.2, 0.25) is 0 Å². The van der Waals surface area contributed by atoms with E-state index in [1.165, 1.54) is 11.1 Å². The van der Waals surface area contributed by atoms with E-state index in [1.54, 1.807) is 11.3 Å². The normalized spacial score (nSPS) is 13.7. The lowest BCUT2D eigenvalue weighted by atomic mass is 10.1. The lowest BCUT2D eigenvalue weighted by molar-refractivity contribution is 0.181. The molecule has 0 aliphatic rings. The third kappa shape index (κ3) is 7.33. The van der Waals surface area contributed by atoms with Gasteiger partial charge < -0.3 is 15.7 Å². The number of hydrogen-bond acceptors (Lipinski definition) is 3. The number of halogens is 1. The van der Waals surface area contributed by atoms with E-state index >= 15 is 0 Å². The molecule has 0 bridgehead atoms. The second kappa shape index (κ2) is 11.5. The van der Waals surface area contributed by atoms with E-state index in [-0.39, 0.29) is 24.0 Å². The Morgan fingerprint density at radius 3 is 2.48 bits per heavy atom. The second-order valence-corrected chi connectivity index (χ2v) is 6.76. The number of aliphatic imine (C=N–C) groups is 1. The molecule has 2 rings (SSSR count). The first-order valence-corrected chi connectivity index (χ1v) is 9.33. The van der Waals surface area contributed by atoms with Gasteiger partial charge in [-0.2, -0.15) is 11.3 Å². The molecule has 4 nitrogen and oxygen atoms in total. The smallest absolute Gasteiger partial charge is 0.191 e. The highest BCUT2D eigenvalue weighted by Crippen LogP contribution is 2.18. The molecule has 1 heterocycles. The van der Waals surface area contributed by atoms with E-state index in [2.05, 4.69) is 39.4 Å². The summed E-state index contributed by atoms with van der Waals surface area (Å²) < 4.78 is 0. The van der Waals surface area contributed by atoms with Crippen molar-refractivity contribution in [1.29, 1.82) is 0 Å². The number of aryl methyl sites for hydroxylation is 1. The van der Waals surface area contributed by atoms with E-state index < -0.39 is 6.10 Å². The maximum absolute atomic E-state index is 10.3. The first kappa shape index (κ1) is 21.9. The molecule has 0 spiro atoms. The Bertz CT molecular complexity index is 629. The third-order valence-corrected chi connectivity index (χ3v) is 4.61. The molecule has 25 heavy (non-hydrogen) atoms. The van der Waals surface area contributed by atoms with Crippen LogP contribution in [0.5, 0.6) is 0 Å². The molecule has 0 saturated carbocycles. The van der Waals surface area contributed by atoms with Crippen LogP contribution in [0.3, 0.4) is 0 Å². The fraction of sp³-hybridized carbons (Fsp3) is 0.421. The number of nitrogens with zero attached hydrogens (tertiary/aromatic N) is 1.